The molecule has 3 aromatic heterocycles. The Labute approximate surface area is 179 Å². The number of imidazole rings is 1. The number of carbonyl (C=O) groups excluding carboxylic acids is 1. The second kappa shape index (κ2) is 7.52. The lowest BCUT2D eigenvalue weighted by atomic mass is 9.64. The van der Waals surface area contributed by atoms with Gasteiger partial charge in [0.2, 0.25) is 0 Å². The summed E-state index contributed by atoms with van der Waals surface area (Å²) in [7, 11) is 25.9. The molecule has 0 bridgehead atoms. The predicted molar refractivity (Wildman–Crippen MR) is 122 cm³/mol. The van der Waals surface area contributed by atoms with Crippen LogP contribution in [-0.2, 0) is 7.05 Å². The third kappa shape index (κ3) is 3.32. The SMILES string of the molecule is [B]c1c([B])c(C(=O)Nc2cc3nc(-c4cncn4C)ccc3cn2)c([B])c([B])c1C. The number of hydrogen-bond acceptors (Lipinski definition) is 4. The first-order valence-electron chi connectivity index (χ1n) is 9.05. The summed E-state index contributed by atoms with van der Waals surface area (Å²) < 4.78 is 1.87. The molecule has 4 rings (SSSR count). The molecule has 0 saturated carbocycles. The van der Waals surface area contributed by atoms with Gasteiger partial charge in [-0.3, -0.25) is 4.79 Å². The van der Waals surface area contributed by atoms with E-state index in [1.54, 1.807) is 31.7 Å². The number of carbonyl (C=O) groups is 1. The molecular formula is C20H13B4N5O. The minimum atomic E-state index is -0.557. The number of nitrogens with zero attached hydrogens (tertiary/aromatic N) is 4. The quantitative estimate of drug-likeness (QED) is 0.450. The number of rotatable bonds is 3. The molecule has 0 fully saturated rings. The summed E-state index contributed by atoms with van der Waals surface area (Å²) in [6.45, 7) is 1.69. The van der Waals surface area contributed by atoms with E-state index < -0.39 is 5.91 Å². The molecule has 1 aromatic carbocycles. The van der Waals surface area contributed by atoms with Crippen LogP contribution in [0.4, 0.5) is 5.82 Å². The Hall–Kier alpha value is -3.28. The van der Waals surface area contributed by atoms with Crippen molar-refractivity contribution < 1.29 is 4.79 Å². The number of aryl methyl sites for hydroxylation is 1. The second-order valence-electron chi connectivity index (χ2n) is 6.96. The molecule has 0 aliphatic carbocycles. The molecule has 0 saturated heterocycles. The van der Waals surface area contributed by atoms with Crippen LogP contribution in [0.15, 0.2) is 36.9 Å². The van der Waals surface area contributed by atoms with Crippen LogP contribution in [0.3, 0.4) is 0 Å². The van der Waals surface area contributed by atoms with Crippen molar-refractivity contribution >= 4 is 75.9 Å². The maximum Gasteiger partial charge on any atom is 0.255 e. The van der Waals surface area contributed by atoms with Gasteiger partial charge >= 0.3 is 0 Å². The zero-order valence-corrected chi connectivity index (χ0v) is 16.5. The number of pyridine rings is 2. The van der Waals surface area contributed by atoms with Gasteiger partial charge in [0.15, 0.2) is 0 Å². The van der Waals surface area contributed by atoms with E-state index in [-0.39, 0.29) is 27.4 Å². The first kappa shape index (κ1) is 20.0. The largest absolute Gasteiger partial charge is 0.332 e. The van der Waals surface area contributed by atoms with E-state index in [0.717, 1.165) is 16.8 Å². The van der Waals surface area contributed by atoms with Crippen LogP contribution < -0.4 is 27.2 Å². The van der Waals surface area contributed by atoms with Gasteiger partial charge in [-0.1, -0.05) is 16.5 Å². The fourth-order valence-corrected chi connectivity index (χ4v) is 3.22. The van der Waals surface area contributed by atoms with Gasteiger partial charge in [0.05, 0.1) is 29.4 Å². The number of nitrogens with one attached hydrogen (secondary N) is 1. The molecule has 136 valence electrons. The number of aromatic nitrogens is 4. The predicted octanol–water partition coefficient (Wildman–Crippen LogP) is -1.23. The maximum atomic E-state index is 12.9. The van der Waals surface area contributed by atoms with Crippen LogP contribution in [0.5, 0.6) is 0 Å². The zero-order valence-electron chi connectivity index (χ0n) is 16.5. The van der Waals surface area contributed by atoms with E-state index in [1.807, 2.05) is 23.7 Å². The Kier molecular flexibility index (Phi) is 5.02. The molecule has 4 aromatic rings. The van der Waals surface area contributed by atoms with Crippen LogP contribution in [0, 0.1) is 6.92 Å². The highest BCUT2D eigenvalue weighted by Crippen LogP contribution is 2.21. The molecule has 0 aliphatic heterocycles. The molecule has 6 nitrogen and oxygen atoms in total. The molecule has 0 spiro atoms. The lowest BCUT2D eigenvalue weighted by Crippen LogP contribution is -2.49. The van der Waals surface area contributed by atoms with E-state index >= 15 is 0 Å². The van der Waals surface area contributed by atoms with Crippen molar-refractivity contribution in [2.24, 2.45) is 7.05 Å². The first-order chi connectivity index (χ1) is 14.3. The van der Waals surface area contributed by atoms with Crippen LogP contribution in [-0.4, -0.2) is 56.8 Å². The summed E-state index contributed by atoms with van der Waals surface area (Å²) in [6, 6.07) is 5.46. The number of amides is 1. The summed E-state index contributed by atoms with van der Waals surface area (Å²) >= 11 is 0. The third-order valence-corrected chi connectivity index (χ3v) is 5.05. The molecule has 3 heterocycles. The number of anilines is 1. The lowest BCUT2D eigenvalue weighted by molar-refractivity contribution is 0.102. The van der Waals surface area contributed by atoms with Gasteiger partial charge in [-0.15, -0.1) is 10.9 Å². The maximum absolute atomic E-state index is 12.9. The standard InChI is InChI=1S/C20H13B4N5O/c1-9-16(21)18(23)15(19(24)17(9)22)20(30)28-14-5-12-10(6-26-14)3-4-11(27-12)13-7-25-8-29(13)2/h3-8H,1-2H3,(H,26,28,30). The van der Waals surface area contributed by atoms with Crippen LogP contribution in [0.1, 0.15) is 15.9 Å². The highest BCUT2D eigenvalue weighted by Gasteiger charge is 2.17. The van der Waals surface area contributed by atoms with Crippen molar-refractivity contribution in [1.82, 2.24) is 19.5 Å². The van der Waals surface area contributed by atoms with Gasteiger partial charge in [0, 0.05) is 30.3 Å². The van der Waals surface area contributed by atoms with E-state index in [2.05, 4.69) is 20.3 Å². The van der Waals surface area contributed by atoms with Crippen molar-refractivity contribution in [2.75, 3.05) is 5.32 Å². The van der Waals surface area contributed by atoms with E-state index in [0.29, 0.717) is 16.9 Å². The Morgan fingerprint density at radius 2 is 1.73 bits per heavy atom. The van der Waals surface area contributed by atoms with Crippen molar-refractivity contribution in [3.05, 3.63) is 48.0 Å². The minimum Gasteiger partial charge on any atom is -0.332 e. The lowest BCUT2D eigenvalue weighted by Gasteiger charge is -2.19. The van der Waals surface area contributed by atoms with Crippen molar-refractivity contribution in [2.45, 2.75) is 6.92 Å². The summed E-state index contributed by atoms with van der Waals surface area (Å²) in [5.74, 6) is -0.267. The smallest absolute Gasteiger partial charge is 0.255 e. The molecule has 10 heteroatoms. The topological polar surface area (TPSA) is 72.7 Å². The zero-order chi connectivity index (χ0) is 21.6. The van der Waals surface area contributed by atoms with Crippen molar-refractivity contribution in [3.8, 4) is 11.4 Å². The summed E-state index contributed by atoms with van der Waals surface area (Å²) in [5.41, 5.74) is 3.43. The molecule has 8 radical (unpaired) electrons. The fourth-order valence-electron chi connectivity index (χ4n) is 3.22. The Morgan fingerprint density at radius 1 is 1.03 bits per heavy atom. The normalized spacial score (nSPS) is 11.0. The van der Waals surface area contributed by atoms with Crippen LogP contribution >= 0.6 is 0 Å². The number of fused-ring (bicyclic) bond motifs is 1. The molecule has 1 amide bonds. The molecule has 0 unspecified atom stereocenters. The van der Waals surface area contributed by atoms with E-state index in [1.165, 1.54) is 0 Å². The van der Waals surface area contributed by atoms with Crippen molar-refractivity contribution in [3.63, 3.8) is 0 Å². The summed E-state index contributed by atoms with van der Waals surface area (Å²) in [4.78, 5) is 25.9. The Morgan fingerprint density at radius 3 is 2.37 bits per heavy atom. The van der Waals surface area contributed by atoms with Crippen molar-refractivity contribution in [1.29, 1.82) is 0 Å². The van der Waals surface area contributed by atoms with Gasteiger partial charge in [-0.05, 0) is 19.1 Å². The Bertz CT molecular complexity index is 1290. The van der Waals surface area contributed by atoms with Crippen LogP contribution in [0.2, 0.25) is 0 Å². The first-order valence-corrected chi connectivity index (χ1v) is 9.05. The molecule has 0 aliphatic rings. The monoisotopic (exact) mass is 383 g/mol. The second-order valence-corrected chi connectivity index (χ2v) is 6.96. The number of benzene rings is 1. The molecular weight excluding hydrogens is 370 g/mol. The summed E-state index contributed by atoms with van der Waals surface area (Å²) in [6.07, 6.45) is 5.05. The number of hydrogen-bond donors (Lipinski definition) is 1. The van der Waals surface area contributed by atoms with Gasteiger partial charge < -0.3 is 9.88 Å². The Balaban J connectivity index is 1.71. The third-order valence-electron chi connectivity index (χ3n) is 5.05. The minimum absolute atomic E-state index is 0.0223. The molecule has 1 N–H and O–H groups in total. The average molecular weight is 383 g/mol. The molecule has 30 heavy (non-hydrogen) atoms. The van der Waals surface area contributed by atoms with Gasteiger partial charge in [-0.2, -0.15) is 0 Å². The highest BCUT2D eigenvalue weighted by atomic mass is 16.1. The summed E-state index contributed by atoms with van der Waals surface area (Å²) in [5, 5.41) is 3.51. The van der Waals surface area contributed by atoms with E-state index in [9.17, 15) is 4.79 Å². The van der Waals surface area contributed by atoms with Gasteiger partial charge in [0.25, 0.3) is 5.91 Å². The van der Waals surface area contributed by atoms with E-state index in [4.69, 9.17) is 31.4 Å². The van der Waals surface area contributed by atoms with Gasteiger partial charge in [0.1, 0.15) is 37.2 Å². The van der Waals surface area contributed by atoms with Gasteiger partial charge in [-0.25, -0.2) is 15.0 Å². The molecule has 0 atom stereocenters. The van der Waals surface area contributed by atoms with Crippen LogP contribution in [0.25, 0.3) is 22.3 Å². The highest BCUT2D eigenvalue weighted by molar-refractivity contribution is 6.60. The fraction of sp³-hybridized carbons (Fsp3) is 0.100. The average Bonchev–Trinajstić information content (AvgIpc) is 3.16.